The lowest BCUT2D eigenvalue weighted by atomic mass is 9.95. The first-order chi connectivity index (χ1) is 18.3. The van der Waals surface area contributed by atoms with Crippen LogP contribution in [0.25, 0.3) is 22.0 Å². The van der Waals surface area contributed by atoms with E-state index in [1.54, 1.807) is 48.8 Å². The maximum Gasteiger partial charge on any atom is 0.225 e. The lowest BCUT2D eigenvalue weighted by Crippen LogP contribution is -2.32. The second-order valence-corrected chi connectivity index (χ2v) is 9.61. The number of halogens is 5. The minimum atomic E-state index is -0.781. The Hall–Kier alpha value is -3.81. The van der Waals surface area contributed by atoms with Crippen LogP contribution in [0.1, 0.15) is 22.9 Å². The molecule has 2 heterocycles. The first-order valence-corrected chi connectivity index (χ1v) is 12.4. The van der Waals surface area contributed by atoms with E-state index >= 15 is 0 Å². The Morgan fingerprint density at radius 1 is 0.921 bits per heavy atom. The number of carbonyl (C=O) groups is 1. The highest BCUT2D eigenvalue weighted by Crippen LogP contribution is 2.37. The fourth-order valence-corrected chi connectivity index (χ4v) is 4.93. The van der Waals surface area contributed by atoms with Crippen molar-refractivity contribution in [3.8, 4) is 11.1 Å². The number of hydrogen-bond donors (Lipinski definition) is 2. The molecule has 0 fully saturated rings. The lowest BCUT2D eigenvalue weighted by Gasteiger charge is -2.22. The molecular weight excluding hydrogens is 534 g/mol. The molecule has 5 rings (SSSR count). The SMILES string of the molecule is O=C(Cc1c[nH]c2ccc(F)cc12)N[C@@H](Cc1cc(F)cc(F)c1)c1ncccc1-c1cccc(Cl)c1Cl. The van der Waals surface area contributed by atoms with E-state index in [-0.39, 0.29) is 18.7 Å². The highest BCUT2D eigenvalue weighted by molar-refractivity contribution is 6.43. The third-order valence-corrected chi connectivity index (χ3v) is 7.01. The third kappa shape index (κ3) is 5.54. The quantitative estimate of drug-likeness (QED) is 0.218. The third-order valence-electron chi connectivity index (χ3n) is 6.19. The normalized spacial score (nSPS) is 12.0. The van der Waals surface area contributed by atoms with Gasteiger partial charge in [0.2, 0.25) is 5.91 Å². The van der Waals surface area contributed by atoms with Crippen molar-refractivity contribution in [1.29, 1.82) is 0 Å². The van der Waals surface area contributed by atoms with E-state index in [1.807, 2.05) is 0 Å². The Kier molecular flexibility index (Phi) is 7.40. The molecule has 2 aromatic heterocycles. The largest absolute Gasteiger partial charge is 0.361 e. The number of nitrogens with one attached hydrogen (secondary N) is 2. The van der Waals surface area contributed by atoms with Crippen LogP contribution in [0.3, 0.4) is 0 Å². The maximum atomic E-state index is 14.0. The van der Waals surface area contributed by atoms with Crippen LogP contribution < -0.4 is 5.32 Å². The van der Waals surface area contributed by atoms with Crippen molar-refractivity contribution in [2.75, 3.05) is 0 Å². The highest BCUT2D eigenvalue weighted by Gasteiger charge is 2.23. The Balaban J connectivity index is 1.52. The molecule has 0 unspecified atom stereocenters. The highest BCUT2D eigenvalue weighted by atomic mass is 35.5. The molecule has 192 valence electrons. The molecular formula is C29H20Cl2F3N3O. The minimum Gasteiger partial charge on any atom is -0.361 e. The number of nitrogens with zero attached hydrogens (tertiary/aromatic N) is 1. The van der Waals surface area contributed by atoms with Gasteiger partial charge in [0.15, 0.2) is 0 Å². The molecule has 0 spiro atoms. The summed E-state index contributed by atoms with van der Waals surface area (Å²) in [7, 11) is 0. The Labute approximate surface area is 226 Å². The zero-order chi connectivity index (χ0) is 26.8. The van der Waals surface area contributed by atoms with Gasteiger partial charge in [-0.3, -0.25) is 9.78 Å². The van der Waals surface area contributed by atoms with Crippen molar-refractivity contribution in [3.05, 3.63) is 123 Å². The minimum absolute atomic E-state index is 0.0468. The topological polar surface area (TPSA) is 57.8 Å². The smallest absolute Gasteiger partial charge is 0.225 e. The number of rotatable bonds is 7. The van der Waals surface area contributed by atoms with Crippen LogP contribution in [0.2, 0.25) is 10.0 Å². The van der Waals surface area contributed by atoms with Crippen molar-refractivity contribution in [1.82, 2.24) is 15.3 Å². The number of fused-ring (bicyclic) bond motifs is 1. The molecule has 1 atom stereocenters. The van der Waals surface area contributed by atoms with Crippen LogP contribution >= 0.6 is 23.2 Å². The van der Waals surface area contributed by atoms with Gasteiger partial charge in [0.1, 0.15) is 17.5 Å². The van der Waals surface area contributed by atoms with Gasteiger partial charge in [-0.05, 0) is 60.0 Å². The van der Waals surface area contributed by atoms with Gasteiger partial charge in [0.05, 0.1) is 28.2 Å². The summed E-state index contributed by atoms with van der Waals surface area (Å²) in [6.07, 6.45) is 3.20. The number of hydrogen-bond acceptors (Lipinski definition) is 2. The molecule has 3 aromatic carbocycles. The van der Waals surface area contributed by atoms with Crippen LogP contribution in [0.5, 0.6) is 0 Å². The molecule has 0 aliphatic heterocycles. The number of H-pyrrole nitrogens is 1. The summed E-state index contributed by atoms with van der Waals surface area (Å²) in [6.45, 7) is 0. The average molecular weight is 554 g/mol. The van der Waals surface area contributed by atoms with E-state index < -0.39 is 23.5 Å². The number of pyridine rings is 1. The fourth-order valence-electron chi connectivity index (χ4n) is 4.53. The molecule has 9 heteroatoms. The molecule has 0 bridgehead atoms. The molecule has 0 saturated heterocycles. The van der Waals surface area contributed by atoms with E-state index in [9.17, 15) is 18.0 Å². The van der Waals surface area contributed by atoms with Gasteiger partial charge in [0.25, 0.3) is 0 Å². The van der Waals surface area contributed by atoms with E-state index in [2.05, 4.69) is 15.3 Å². The predicted molar refractivity (Wildman–Crippen MR) is 143 cm³/mol. The summed E-state index contributed by atoms with van der Waals surface area (Å²) in [4.78, 5) is 20.8. The molecule has 0 aliphatic carbocycles. The van der Waals surface area contributed by atoms with Crippen LogP contribution in [-0.4, -0.2) is 15.9 Å². The van der Waals surface area contributed by atoms with Gasteiger partial charge >= 0.3 is 0 Å². The predicted octanol–water partition coefficient (Wildman–Crippen LogP) is 7.60. The molecule has 1 amide bonds. The van der Waals surface area contributed by atoms with Gasteiger partial charge in [0, 0.05) is 40.5 Å². The Morgan fingerprint density at radius 3 is 2.47 bits per heavy atom. The van der Waals surface area contributed by atoms with Gasteiger partial charge < -0.3 is 10.3 Å². The monoisotopic (exact) mass is 553 g/mol. The summed E-state index contributed by atoms with van der Waals surface area (Å²) in [5.74, 6) is -2.26. The zero-order valence-electron chi connectivity index (χ0n) is 19.7. The zero-order valence-corrected chi connectivity index (χ0v) is 21.3. The van der Waals surface area contributed by atoms with E-state index in [0.29, 0.717) is 48.9 Å². The van der Waals surface area contributed by atoms with Crippen LogP contribution in [0, 0.1) is 17.5 Å². The van der Waals surface area contributed by atoms with Crippen molar-refractivity contribution in [3.63, 3.8) is 0 Å². The molecule has 0 aliphatic rings. The summed E-state index contributed by atoms with van der Waals surface area (Å²) < 4.78 is 41.9. The number of aromatic amines is 1. The van der Waals surface area contributed by atoms with E-state index in [1.165, 1.54) is 24.3 Å². The number of amides is 1. The number of aromatic nitrogens is 2. The van der Waals surface area contributed by atoms with Gasteiger partial charge in [-0.2, -0.15) is 0 Å². The summed E-state index contributed by atoms with van der Waals surface area (Å²) in [6, 6.07) is 15.4. The van der Waals surface area contributed by atoms with Crippen LogP contribution in [0.15, 0.2) is 79.1 Å². The number of benzene rings is 3. The van der Waals surface area contributed by atoms with Crippen molar-refractivity contribution in [2.45, 2.75) is 18.9 Å². The molecule has 38 heavy (non-hydrogen) atoms. The number of carbonyl (C=O) groups excluding carboxylic acids is 1. The second-order valence-electron chi connectivity index (χ2n) is 8.82. The second kappa shape index (κ2) is 10.9. The van der Waals surface area contributed by atoms with Crippen molar-refractivity contribution >= 4 is 40.0 Å². The van der Waals surface area contributed by atoms with Gasteiger partial charge in [-0.25, -0.2) is 13.2 Å². The fraction of sp³-hybridized carbons (Fsp3) is 0.103. The molecule has 4 nitrogen and oxygen atoms in total. The molecule has 2 N–H and O–H groups in total. The molecule has 0 radical (unpaired) electrons. The van der Waals surface area contributed by atoms with Crippen molar-refractivity contribution < 1.29 is 18.0 Å². The maximum absolute atomic E-state index is 14.0. The average Bonchev–Trinajstić information content (AvgIpc) is 3.26. The van der Waals surface area contributed by atoms with Crippen LogP contribution in [-0.2, 0) is 17.6 Å². The van der Waals surface area contributed by atoms with Gasteiger partial charge in [-0.1, -0.05) is 41.4 Å². The van der Waals surface area contributed by atoms with E-state index in [0.717, 1.165) is 6.07 Å². The lowest BCUT2D eigenvalue weighted by molar-refractivity contribution is -0.121. The first-order valence-electron chi connectivity index (χ1n) is 11.7. The van der Waals surface area contributed by atoms with Gasteiger partial charge in [-0.15, -0.1) is 0 Å². The summed E-state index contributed by atoms with van der Waals surface area (Å²) in [5.41, 5.74) is 3.28. The molecule has 5 aromatic rings. The summed E-state index contributed by atoms with van der Waals surface area (Å²) >= 11 is 12.7. The Bertz CT molecular complexity index is 1630. The van der Waals surface area contributed by atoms with E-state index in [4.69, 9.17) is 23.2 Å². The first kappa shape index (κ1) is 25.8. The standard InChI is InChI=1S/C29H20Cl2F3N3O/c30-24-5-1-3-21(28(24)31)22-4-2-8-35-29(22)26(11-16-9-19(33)13-20(34)10-16)37-27(38)12-17-15-36-25-7-6-18(32)14-23(17)25/h1-10,13-15,26,36H,11-12H2,(H,37,38)/t26-/m0/s1. The molecule has 0 saturated carbocycles. The van der Waals surface area contributed by atoms with Crippen molar-refractivity contribution in [2.24, 2.45) is 0 Å². The van der Waals surface area contributed by atoms with Crippen LogP contribution in [0.4, 0.5) is 13.2 Å². The Morgan fingerprint density at radius 2 is 1.68 bits per heavy atom. The summed E-state index contributed by atoms with van der Waals surface area (Å²) in [5, 5.41) is 4.20.